The van der Waals surface area contributed by atoms with Gasteiger partial charge in [0.15, 0.2) is 0 Å². The Balaban J connectivity index is 1.66. The zero-order valence-corrected chi connectivity index (χ0v) is 22.1. The van der Waals surface area contributed by atoms with Crippen molar-refractivity contribution in [1.29, 1.82) is 0 Å². The summed E-state index contributed by atoms with van der Waals surface area (Å²) in [5.74, 6) is 0.906. The van der Waals surface area contributed by atoms with Crippen LogP contribution in [0.15, 0.2) is 71.6 Å². The zero-order chi connectivity index (χ0) is 26.1. The van der Waals surface area contributed by atoms with Gasteiger partial charge in [-0.25, -0.2) is 8.42 Å². The Morgan fingerprint density at radius 2 is 1.78 bits per heavy atom. The summed E-state index contributed by atoms with van der Waals surface area (Å²) < 4.78 is 40.0. The minimum atomic E-state index is -3.99. The van der Waals surface area contributed by atoms with E-state index in [-0.39, 0.29) is 17.5 Å². The number of carbonyl (C=O) groups is 1. The van der Waals surface area contributed by atoms with Crippen molar-refractivity contribution >= 4 is 21.6 Å². The molecule has 0 spiro atoms. The number of nitrogens with zero attached hydrogens (tertiary/aromatic N) is 1. The largest absolute Gasteiger partial charge is 0.497 e. The van der Waals surface area contributed by atoms with Gasteiger partial charge >= 0.3 is 0 Å². The van der Waals surface area contributed by atoms with Gasteiger partial charge in [0.25, 0.3) is 10.0 Å². The molecule has 3 aromatic carbocycles. The molecule has 1 N–H and O–H groups in total. The molecule has 190 valence electrons. The molecule has 3 aromatic rings. The van der Waals surface area contributed by atoms with E-state index in [0.717, 1.165) is 21.0 Å². The first-order valence-electron chi connectivity index (χ1n) is 11.8. The molecule has 0 bridgehead atoms. The summed E-state index contributed by atoms with van der Waals surface area (Å²) in [4.78, 5) is 13.5. The number of fused-ring (bicyclic) bond motifs is 1. The lowest BCUT2D eigenvalue weighted by Gasteiger charge is -2.38. The van der Waals surface area contributed by atoms with Gasteiger partial charge in [-0.3, -0.25) is 9.10 Å². The summed E-state index contributed by atoms with van der Waals surface area (Å²) in [7, 11) is -2.41. The van der Waals surface area contributed by atoms with E-state index in [0.29, 0.717) is 23.6 Å². The molecule has 7 nitrogen and oxygen atoms in total. The van der Waals surface area contributed by atoms with E-state index in [1.54, 1.807) is 49.6 Å². The molecule has 0 saturated heterocycles. The molecule has 1 aliphatic rings. The van der Waals surface area contributed by atoms with Crippen molar-refractivity contribution in [1.82, 2.24) is 5.32 Å². The van der Waals surface area contributed by atoms with Crippen molar-refractivity contribution in [2.24, 2.45) is 0 Å². The highest BCUT2D eigenvalue weighted by molar-refractivity contribution is 7.92. The fourth-order valence-electron chi connectivity index (χ4n) is 4.39. The molecule has 1 amide bonds. The maximum absolute atomic E-state index is 13.7. The minimum Gasteiger partial charge on any atom is -0.497 e. The first kappa shape index (κ1) is 25.6. The zero-order valence-electron chi connectivity index (χ0n) is 21.2. The molecule has 0 saturated carbocycles. The Labute approximate surface area is 213 Å². The first-order chi connectivity index (χ1) is 17.0. The third-order valence-electron chi connectivity index (χ3n) is 6.20. The van der Waals surface area contributed by atoms with Crippen LogP contribution in [0, 0.1) is 13.8 Å². The van der Waals surface area contributed by atoms with E-state index in [1.807, 2.05) is 52.0 Å². The van der Waals surface area contributed by atoms with Crippen LogP contribution in [0.1, 0.15) is 43.0 Å². The third kappa shape index (κ3) is 5.49. The molecule has 0 aliphatic carbocycles. The highest BCUT2D eigenvalue weighted by Gasteiger charge is 2.36. The number of hydrogen-bond acceptors (Lipinski definition) is 5. The molecular formula is C28H32N2O5S. The number of benzene rings is 3. The maximum atomic E-state index is 13.7. The summed E-state index contributed by atoms with van der Waals surface area (Å²) in [5, 5.41) is 3.05. The van der Waals surface area contributed by atoms with Crippen LogP contribution >= 0.6 is 0 Å². The number of nitrogens with one attached hydrogen (secondary N) is 1. The smallest absolute Gasteiger partial charge is 0.264 e. The average Bonchev–Trinajstić information content (AvgIpc) is 2.82. The minimum absolute atomic E-state index is 0.129. The number of rotatable bonds is 7. The molecule has 0 aromatic heterocycles. The van der Waals surface area contributed by atoms with Crippen LogP contribution in [0.25, 0.3) is 0 Å². The summed E-state index contributed by atoms with van der Waals surface area (Å²) in [6.07, 6.45) is 0.522. The number of anilines is 1. The standard InChI is InChI=1S/C28H32N2O5S/c1-19-9-12-23(13-10-19)36(32,33)30(21-8-6-7-20(2)15-21)18-27(31)29-25-17-28(3,4)35-26-14-11-22(34-5)16-24(25)26/h6-16,25H,17-18H2,1-5H3,(H,29,31). The number of methoxy groups -OCH3 is 1. The van der Waals surface area contributed by atoms with Gasteiger partial charge in [0, 0.05) is 12.0 Å². The summed E-state index contributed by atoms with van der Waals surface area (Å²) >= 11 is 0. The Hall–Kier alpha value is -3.52. The SMILES string of the molecule is COc1ccc2c(c1)C(NC(=O)CN(c1cccc(C)c1)S(=O)(=O)c1ccc(C)cc1)CC(C)(C)O2. The molecule has 8 heteroatoms. The van der Waals surface area contributed by atoms with E-state index in [1.165, 1.54) is 0 Å². The van der Waals surface area contributed by atoms with E-state index < -0.39 is 21.5 Å². The van der Waals surface area contributed by atoms with Crippen molar-refractivity contribution in [3.63, 3.8) is 0 Å². The first-order valence-corrected chi connectivity index (χ1v) is 13.2. The number of carbonyl (C=O) groups excluding carboxylic acids is 1. The molecular weight excluding hydrogens is 476 g/mol. The van der Waals surface area contributed by atoms with E-state index in [9.17, 15) is 13.2 Å². The highest BCUT2D eigenvalue weighted by Crippen LogP contribution is 2.41. The van der Waals surface area contributed by atoms with E-state index in [4.69, 9.17) is 9.47 Å². The Morgan fingerprint density at radius 3 is 2.44 bits per heavy atom. The molecule has 0 fully saturated rings. The van der Waals surface area contributed by atoms with Crippen molar-refractivity contribution in [2.45, 2.75) is 50.7 Å². The van der Waals surface area contributed by atoms with Crippen LogP contribution in [0.5, 0.6) is 11.5 Å². The lowest BCUT2D eigenvalue weighted by molar-refractivity contribution is -0.120. The highest BCUT2D eigenvalue weighted by atomic mass is 32.2. The van der Waals surface area contributed by atoms with Gasteiger partial charge in [-0.1, -0.05) is 29.8 Å². The van der Waals surface area contributed by atoms with Crippen molar-refractivity contribution in [3.8, 4) is 11.5 Å². The van der Waals surface area contributed by atoms with Crippen LogP contribution < -0.4 is 19.1 Å². The van der Waals surface area contributed by atoms with Crippen molar-refractivity contribution < 1.29 is 22.7 Å². The van der Waals surface area contributed by atoms with Gasteiger partial charge < -0.3 is 14.8 Å². The predicted molar refractivity (Wildman–Crippen MR) is 140 cm³/mol. The molecule has 1 heterocycles. The predicted octanol–water partition coefficient (Wildman–Crippen LogP) is 4.93. The van der Waals surface area contributed by atoms with Crippen LogP contribution in [0.3, 0.4) is 0 Å². The topological polar surface area (TPSA) is 84.9 Å². The van der Waals surface area contributed by atoms with Gasteiger partial charge in [-0.2, -0.15) is 0 Å². The number of amides is 1. The lowest BCUT2D eigenvalue weighted by atomic mass is 9.89. The van der Waals surface area contributed by atoms with Gasteiger partial charge in [-0.15, -0.1) is 0 Å². The second kappa shape index (κ2) is 9.85. The number of aryl methyl sites for hydroxylation is 2. The number of hydrogen-bond donors (Lipinski definition) is 1. The van der Waals surface area contributed by atoms with Crippen LogP contribution in [-0.2, 0) is 14.8 Å². The summed E-state index contributed by atoms with van der Waals surface area (Å²) in [6.45, 7) is 7.33. The molecule has 1 aliphatic heterocycles. The van der Waals surface area contributed by atoms with Crippen molar-refractivity contribution in [2.75, 3.05) is 18.0 Å². The Bertz CT molecular complexity index is 1370. The molecule has 36 heavy (non-hydrogen) atoms. The third-order valence-corrected chi connectivity index (χ3v) is 7.98. The average molecular weight is 509 g/mol. The van der Waals surface area contributed by atoms with Crippen LogP contribution in [0.2, 0.25) is 0 Å². The fraction of sp³-hybridized carbons (Fsp3) is 0.321. The summed E-state index contributed by atoms with van der Waals surface area (Å²) in [6, 6.07) is 18.9. The number of sulfonamides is 1. The lowest BCUT2D eigenvalue weighted by Crippen LogP contribution is -2.45. The van der Waals surface area contributed by atoms with Crippen LogP contribution in [-0.4, -0.2) is 33.6 Å². The Kier molecular flexibility index (Phi) is 7.00. The second-order valence-electron chi connectivity index (χ2n) is 9.75. The second-order valence-corrected chi connectivity index (χ2v) is 11.6. The monoisotopic (exact) mass is 508 g/mol. The van der Waals surface area contributed by atoms with Gasteiger partial charge in [0.05, 0.1) is 23.7 Å². The van der Waals surface area contributed by atoms with Gasteiger partial charge in [0.2, 0.25) is 5.91 Å². The van der Waals surface area contributed by atoms with Crippen LogP contribution in [0.4, 0.5) is 5.69 Å². The van der Waals surface area contributed by atoms with Crippen molar-refractivity contribution in [3.05, 3.63) is 83.4 Å². The van der Waals surface area contributed by atoms with Gasteiger partial charge in [-0.05, 0) is 75.7 Å². The quantitative estimate of drug-likeness (QED) is 0.489. The number of ether oxygens (including phenoxy) is 2. The normalized spacial score (nSPS) is 16.4. The molecule has 0 radical (unpaired) electrons. The molecule has 1 unspecified atom stereocenters. The Morgan fingerprint density at radius 1 is 1.06 bits per heavy atom. The van der Waals surface area contributed by atoms with E-state index >= 15 is 0 Å². The molecule has 1 atom stereocenters. The van der Waals surface area contributed by atoms with Gasteiger partial charge in [0.1, 0.15) is 23.6 Å². The molecule has 4 rings (SSSR count). The fourth-order valence-corrected chi connectivity index (χ4v) is 5.81. The van der Waals surface area contributed by atoms with E-state index in [2.05, 4.69) is 5.32 Å². The maximum Gasteiger partial charge on any atom is 0.264 e. The summed E-state index contributed by atoms with van der Waals surface area (Å²) in [5.41, 5.74) is 2.56.